The van der Waals surface area contributed by atoms with Crippen LogP contribution < -0.4 is 5.56 Å². The molecule has 0 aliphatic carbocycles. The van der Waals surface area contributed by atoms with Crippen molar-refractivity contribution in [3.05, 3.63) is 58.4 Å². The summed E-state index contributed by atoms with van der Waals surface area (Å²) in [6.07, 6.45) is 3.16. The Labute approximate surface area is 165 Å². The van der Waals surface area contributed by atoms with E-state index in [9.17, 15) is 14.4 Å². The number of carbonyl (C=O) groups excluding carboxylic acids is 2. The fraction of sp³-hybridized carbons (Fsp3) is 0.409. The lowest BCUT2D eigenvalue weighted by atomic mass is 9.92. The van der Waals surface area contributed by atoms with Crippen molar-refractivity contribution in [3.8, 4) is 11.3 Å². The second-order valence-electron chi connectivity index (χ2n) is 7.57. The smallest absolute Gasteiger partial charge is 0.261 e. The average molecular weight is 381 g/mol. The Morgan fingerprint density at radius 1 is 1.14 bits per heavy atom. The van der Waals surface area contributed by atoms with Crippen LogP contribution in [0.5, 0.6) is 0 Å². The number of hydrogen-bond donors (Lipinski definition) is 1. The molecule has 1 aliphatic heterocycles. The van der Waals surface area contributed by atoms with Crippen LogP contribution in [-0.4, -0.2) is 53.8 Å². The van der Waals surface area contributed by atoms with Crippen molar-refractivity contribution in [2.24, 2.45) is 5.92 Å². The third kappa shape index (κ3) is 4.68. The number of nitrogens with one attached hydrogen (secondary N) is 1. The Kier molecular flexibility index (Phi) is 6.29. The van der Waals surface area contributed by atoms with Gasteiger partial charge in [0.2, 0.25) is 5.91 Å². The maximum atomic E-state index is 12.9. The maximum Gasteiger partial charge on any atom is 0.261 e. The van der Waals surface area contributed by atoms with E-state index in [0.29, 0.717) is 31.1 Å². The molecule has 1 N–H and O–H groups in total. The first-order chi connectivity index (χ1) is 13.5. The minimum atomic E-state index is -0.365. The number of pyridine rings is 1. The molecule has 1 aliphatic rings. The van der Waals surface area contributed by atoms with Gasteiger partial charge in [0, 0.05) is 39.3 Å². The average Bonchev–Trinajstić information content (AvgIpc) is 2.72. The van der Waals surface area contributed by atoms with Gasteiger partial charge in [0.05, 0.1) is 0 Å². The number of aromatic amines is 1. The molecule has 0 bridgehead atoms. The highest BCUT2D eigenvalue weighted by atomic mass is 16.2. The Bertz CT molecular complexity index is 889. The Morgan fingerprint density at radius 3 is 2.57 bits per heavy atom. The van der Waals surface area contributed by atoms with Crippen LogP contribution in [0.15, 0.2) is 47.3 Å². The van der Waals surface area contributed by atoms with Crippen LogP contribution in [-0.2, 0) is 4.79 Å². The summed E-state index contributed by atoms with van der Waals surface area (Å²) in [5, 5.41) is 0. The van der Waals surface area contributed by atoms with E-state index in [1.54, 1.807) is 36.0 Å². The SMILES string of the molecule is CN(C)C(=O)CC[C@@H]1CCCN(C(=O)c2ccc(-c3ccccc3)[nH]c2=O)C1. The zero-order chi connectivity index (χ0) is 20.1. The van der Waals surface area contributed by atoms with Gasteiger partial charge in [-0.15, -0.1) is 0 Å². The third-order valence-electron chi connectivity index (χ3n) is 5.30. The number of piperidine rings is 1. The van der Waals surface area contributed by atoms with Crippen molar-refractivity contribution in [3.63, 3.8) is 0 Å². The normalized spacial score (nSPS) is 16.6. The van der Waals surface area contributed by atoms with Gasteiger partial charge in [-0.05, 0) is 42.9 Å². The first-order valence-corrected chi connectivity index (χ1v) is 9.74. The molecule has 2 heterocycles. The van der Waals surface area contributed by atoms with Gasteiger partial charge in [-0.25, -0.2) is 0 Å². The van der Waals surface area contributed by atoms with Gasteiger partial charge in [-0.3, -0.25) is 14.4 Å². The van der Waals surface area contributed by atoms with Gasteiger partial charge in [0.15, 0.2) is 0 Å². The number of nitrogens with zero attached hydrogens (tertiary/aromatic N) is 2. The summed E-state index contributed by atoms with van der Waals surface area (Å²) in [7, 11) is 3.51. The second kappa shape index (κ2) is 8.87. The molecule has 28 heavy (non-hydrogen) atoms. The fourth-order valence-corrected chi connectivity index (χ4v) is 3.63. The molecule has 2 amide bonds. The largest absolute Gasteiger partial charge is 0.349 e. The van der Waals surface area contributed by atoms with Crippen molar-refractivity contribution in [1.82, 2.24) is 14.8 Å². The molecule has 148 valence electrons. The summed E-state index contributed by atoms with van der Waals surface area (Å²) >= 11 is 0. The number of hydrogen-bond acceptors (Lipinski definition) is 3. The number of benzene rings is 1. The van der Waals surface area contributed by atoms with E-state index in [1.807, 2.05) is 30.3 Å². The molecule has 1 aromatic carbocycles. The number of carbonyl (C=O) groups is 2. The number of aromatic nitrogens is 1. The zero-order valence-electron chi connectivity index (χ0n) is 16.5. The van der Waals surface area contributed by atoms with Crippen molar-refractivity contribution >= 4 is 11.8 Å². The van der Waals surface area contributed by atoms with Crippen molar-refractivity contribution < 1.29 is 9.59 Å². The molecule has 1 saturated heterocycles. The number of amides is 2. The van der Waals surface area contributed by atoms with Crippen LogP contribution in [0.3, 0.4) is 0 Å². The highest BCUT2D eigenvalue weighted by Crippen LogP contribution is 2.23. The summed E-state index contributed by atoms with van der Waals surface area (Å²) in [5.74, 6) is 0.171. The van der Waals surface area contributed by atoms with Gasteiger partial charge in [0.1, 0.15) is 5.56 Å². The number of rotatable bonds is 5. The molecule has 0 saturated carbocycles. The summed E-state index contributed by atoms with van der Waals surface area (Å²) in [6, 6.07) is 12.9. The molecule has 6 nitrogen and oxygen atoms in total. The second-order valence-corrected chi connectivity index (χ2v) is 7.57. The van der Waals surface area contributed by atoms with Crippen LogP contribution in [0.25, 0.3) is 11.3 Å². The summed E-state index contributed by atoms with van der Waals surface area (Å²) in [4.78, 5) is 43.4. The van der Waals surface area contributed by atoms with E-state index in [2.05, 4.69) is 4.98 Å². The van der Waals surface area contributed by atoms with E-state index in [1.165, 1.54) is 0 Å². The molecule has 1 fully saturated rings. The van der Waals surface area contributed by atoms with Gasteiger partial charge in [-0.2, -0.15) is 0 Å². The predicted molar refractivity (Wildman–Crippen MR) is 109 cm³/mol. The number of likely N-dealkylation sites (tertiary alicyclic amines) is 1. The summed E-state index contributed by atoms with van der Waals surface area (Å²) in [5.41, 5.74) is 1.41. The van der Waals surface area contributed by atoms with E-state index < -0.39 is 0 Å². The first-order valence-electron chi connectivity index (χ1n) is 9.74. The van der Waals surface area contributed by atoms with Gasteiger partial charge >= 0.3 is 0 Å². The van der Waals surface area contributed by atoms with Crippen molar-refractivity contribution in [2.75, 3.05) is 27.2 Å². The lowest BCUT2D eigenvalue weighted by molar-refractivity contribution is -0.129. The van der Waals surface area contributed by atoms with Crippen LogP contribution >= 0.6 is 0 Å². The topological polar surface area (TPSA) is 73.5 Å². The predicted octanol–water partition coefficient (Wildman–Crippen LogP) is 2.76. The van der Waals surface area contributed by atoms with Crippen LogP contribution in [0.1, 0.15) is 36.0 Å². The molecule has 0 unspecified atom stereocenters. The minimum absolute atomic E-state index is 0.108. The number of H-pyrrole nitrogens is 1. The molecule has 1 atom stereocenters. The Balaban J connectivity index is 1.68. The van der Waals surface area contributed by atoms with Gasteiger partial charge in [0.25, 0.3) is 11.5 Å². The van der Waals surface area contributed by atoms with Gasteiger partial charge < -0.3 is 14.8 Å². The lowest BCUT2D eigenvalue weighted by Gasteiger charge is -2.32. The molecule has 1 aromatic heterocycles. The molecule has 0 radical (unpaired) electrons. The molecule has 2 aromatic rings. The van der Waals surface area contributed by atoms with Gasteiger partial charge in [-0.1, -0.05) is 30.3 Å². The first kappa shape index (κ1) is 19.9. The van der Waals surface area contributed by atoms with Crippen LogP contribution in [0.4, 0.5) is 0 Å². The monoisotopic (exact) mass is 381 g/mol. The molecule has 6 heteroatoms. The van der Waals surface area contributed by atoms with E-state index >= 15 is 0 Å². The maximum absolute atomic E-state index is 12.9. The highest BCUT2D eigenvalue weighted by Gasteiger charge is 2.26. The standard InChI is InChI=1S/C22H27N3O3/c1-24(2)20(26)13-10-16-7-6-14-25(15-16)22(28)18-11-12-19(23-21(18)27)17-8-4-3-5-9-17/h3-5,8-9,11-12,16H,6-7,10,13-15H2,1-2H3,(H,23,27)/t16-/m0/s1. The molecular formula is C22H27N3O3. The summed E-state index contributed by atoms with van der Waals surface area (Å²) < 4.78 is 0. The minimum Gasteiger partial charge on any atom is -0.349 e. The fourth-order valence-electron chi connectivity index (χ4n) is 3.63. The highest BCUT2D eigenvalue weighted by molar-refractivity contribution is 5.94. The van der Waals surface area contributed by atoms with Crippen molar-refractivity contribution in [2.45, 2.75) is 25.7 Å². The molecule has 0 spiro atoms. The van der Waals surface area contributed by atoms with E-state index in [0.717, 1.165) is 24.8 Å². The molecular weight excluding hydrogens is 354 g/mol. The van der Waals surface area contributed by atoms with Crippen molar-refractivity contribution in [1.29, 1.82) is 0 Å². The quantitative estimate of drug-likeness (QED) is 0.865. The zero-order valence-corrected chi connectivity index (χ0v) is 16.5. The Morgan fingerprint density at radius 2 is 1.89 bits per heavy atom. The van der Waals surface area contributed by atoms with Crippen LogP contribution in [0, 0.1) is 5.92 Å². The van der Waals surface area contributed by atoms with E-state index in [-0.39, 0.29) is 22.9 Å². The Hall–Kier alpha value is -2.89. The van der Waals surface area contributed by atoms with Crippen LogP contribution in [0.2, 0.25) is 0 Å². The van der Waals surface area contributed by atoms with E-state index in [4.69, 9.17) is 0 Å². The lowest BCUT2D eigenvalue weighted by Crippen LogP contribution is -2.42. The summed E-state index contributed by atoms with van der Waals surface area (Å²) in [6.45, 7) is 1.25. The third-order valence-corrected chi connectivity index (χ3v) is 5.30. The molecule has 3 rings (SSSR count).